The van der Waals surface area contributed by atoms with Crippen molar-refractivity contribution in [2.75, 3.05) is 12.4 Å². The Bertz CT molecular complexity index is 767. The molecular formula is C19H20N2O4. The number of hydrogen-bond donors (Lipinski definition) is 2. The van der Waals surface area contributed by atoms with Crippen LogP contribution in [-0.2, 0) is 14.3 Å². The number of hydrogen-bond acceptors (Lipinski definition) is 4. The zero-order valence-corrected chi connectivity index (χ0v) is 14.3. The molecule has 130 valence electrons. The van der Waals surface area contributed by atoms with Crippen molar-refractivity contribution in [1.29, 1.82) is 0 Å². The minimum Gasteiger partial charge on any atom is -0.467 e. The van der Waals surface area contributed by atoms with Crippen LogP contribution in [0.2, 0.25) is 0 Å². The van der Waals surface area contributed by atoms with Crippen LogP contribution in [0.5, 0.6) is 0 Å². The Morgan fingerprint density at radius 2 is 1.56 bits per heavy atom. The SMILES string of the molecule is COC(=O)[C@H](NC(=O)c1ccc(NC(C)=O)cc1)c1ccc(C)cc1. The molecule has 0 unspecified atom stereocenters. The summed E-state index contributed by atoms with van der Waals surface area (Å²) < 4.78 is 4.80. The van der Waals surface area contributed by atoms with Crippen molar-refractivity contribution in [2.45, 2.75) is 19.9 Å². The monoisotopic (exact) mass is 340 g/mol. The molecule has 1 atom stereocenters. The molecule has 0 aliphatic carbocycles. The maximum Gasteiger partial charge on any atom is 0.333 e. The van der Waals surface area contributed by atoms with E-state index in [2.05, 4.69) is 10.6 Å². The summed E-state index contributed by atoms with van der Waals surface area (Å²) in [5, 5.41) is 5.30. The van der Waals surface area contributed by atoms with Crippen molar-refractivity contribution in [1.82, 2.24) is 5.32 Å². The highest BCUT2D eigenvalue weighted by Crippen LogP contribution is 2.17. The largest absolute Gasteiger partial charge is 0.467 e. The highest BCUT2D eigenvalue weighted by Gasteiger charge is 2.24. The van der Waals surface area contributed by atoms with Gasteiger partial charge in [0.25, 0.3) is 5.91 Å². The first kappa shape index (κ1) is 18.2. The van der Waals surface area contributed by atoms with E-state index in [1.807, 2.05) is 19.1 Å². The second-order valence-corrected chi connectivity index (χ2v) is 5.60. The van der Waals surface area contributed by atoms with Gasteiger partial charge in [-0.05, 0) is 36.8 Å². The van der Waals surface area contributed by atoms with Gasteiger partial charge in [-0.15, -0.1) is 0 Å². The van der Waals surface area contributed by atoms with Crippen molar-refractivity contribution >= 4 is 23.5 Å². The topological polar surface area (TPSA) is 84.5 Å². The van der Waals surface area contributed by atoms with Crippen molar-refractivity contribution in [3.05, 3.63) is 65.2 Å². The number of rotatable bonds is 5. The summed E-state index contributed by atoms with van der Waals surface area (Å²) in [4.78, 5) is 35.5. The van der Waals surface area contributed by atoms with Gasteiger partial charge >= 0.3 is 5.97 Å². The van der Waals surface area contributed by atoms with E-state index in [9.17, 15) is 14.4 Å². The summed E-state index contributed by atoms with van der Waals surface area (Å²) in [6.45, 7) is 3.34. The molecule has 0 heterocycles. The quantitative estimate of drug-likeness (QED) is 0.820. The lowest BCUT2D eigenvalue weighted by Gasteiger charge is -2.17. The zero-order valence-electron chi connectivity index (χ0n) is 14.3. The lowest BCUT2D eigenvalue weighted by atomic mass is 10.0. The van der Waals surface area contributed by atoms with Gasteiger partial charge in [-0.25, -0.2) is 4.79 Å². The summed E-state index contributed by atoms with van der Waals surface area (Å²) in [5.41, 5.74) is 2.65. The molecule has 0 aliphatic rings. The maximum absolute atomic E-state index is 12.4. The smallest absolute Gasteiger partial charge is 0.333 e. The molecule has 0 aromatic heterocycles. The molecule has 6 heteroatoms. The number of carbonyl (C=O) groups is 3. The second-order valence-electron chi connectivity index (χ2n) is 5.60. The molecule has 0 radical (unpaired) electrons. The van der Waals surface area contributed by atoms with E-state index >= 15 is 0 Å². The van der Waals surface area contributed by atoms with Crippen LogP contribution in [0.15, 0.2) is 48.5 Å². The summed E-state index contributed by atoms with van der Waals surface area (Å²) >= 11 is 0. The van der Waals surface area contributed by atoms with Gasteiger partial charge in [0.15, 0.2) is 6.04 Å². The fourth-order valence-electron chi connectivity index (χ4n) is 2.28. The number of carbonyl (C=O) groups excluding carboxylic acids is 3. The zero-order chi connectivity index (χ0) is 18.4. The number of nitrogens with one attached hydrogen (secondary N) is 2. The number of aryl methyl sites for hydroxylation is 1. The molecule has 2 amide bonds. The van der Waals surface area contributed by atoms with E-state index in [1.54, 1.807) is 36.4 Å². The molecule has 0 aliphatic heterocycles. The average Bonchev–Trinajstić information content (AvgIpc) is 2.60. The Kier molecular flexibility index (Phi) is 5.89. The predicted octanol–water partition coefficient (Wildman–Crippen LogP) is 2.60. The Balaban J connectivity index is 2.17. The highest BCUT2D eigenvalue weighted by molar-refractivity contribution is 5.97. The van der Waals surface area contributed by atoms with E-state index in [0.717, 1.165) is 5.56 Å². The lowest BCUT2D eigenvalue weighted by molar-refractivity contribution is -0.143. The van der Waals surface area contributed by atoms with Gasteiger partial charge < -0.3 is 15.4 Å². The molecule has 2 N–H and O–H groups in total. The Morgan fingerprint density at radius 3 is 2.08 bits per heavy atom. The normalized spacial score (nSPS) is 11.3. The minimum absolute atomic E-state index is 0.192. The molecule has 0 saturated carbocycles. The Hall–Kier alpha value is -3.15. The van der Waals surface area contributed by atoms with Gasteiger partial charge in [-0.2, -0.15) is 0 Å². The van der Waals surface area contributed by atoms with Crippen LogP contribution in [0.4, 0.5) is 5.69 Å². The van der Waals surface area contributed by atoms with Gasteiger partial charge in [0.05, 0.1) is 7.11 Å². The van der Waals surface area contributed by atoms with Gasteiger partial charge in [-0.1, -0.05) is 29.8 Å². The van der Waals surface area contributed by atoms with Crippen LogP contribution >= 0.6 is 0 Å². The van der Waals surface area contributed by atoms with Crippen LogP contribution in [0, 0.1) is 6.92 Å². The van der Waals surface area contributed by atoms with Gasteiger partial charge in [0, 0.05) is 18.2 Å². The highest BCUT2D eigenvalue weighted by atomic mass is 16.5. The molecule has 2 rings (SSSR count). The lowest BCUT2D eigenvalue weighted by Crippen LogP contribution is -2.34. The second kappa shape index (κ2) is 8.10. The van der Waals surface area contributed by atoms with E-state index in [0.29, 0.717) is 16.8 Å². The summed E-state index contributed by atoms with van der Waals surface area (Å²) in [7, 11) is 1.28. The van der Waals surface area contributed by atoms with E-state index < -0.39 is 17.9 Å². The predicted molar refractivity (Wildman–Crippen MR) is 94.1 cm³/mol. The third-order valence-corrected chi connectivity index (χ3v) is 3.59. The minimum atomic E-state index is -0.895. The molecule has 0 bridgehead atoms. The number of amides is 2. The van der Waals surface area contributed by atoms with Gasteiger partial charge in [0.2, 0.25) is 5.91 Å². The Morgan fingerprint density at radius 1 is 0.960 bits per heavy atom. The third kappa shape index (κ3) is 4.91. The van der Waals surface area contributed by atoms with Crippen LogP contribution in [0.25, 0.3) is 0 Å². The molecule has 0 saturated heterocycles. The number of ether oxygens (including phenoxy) is 1. The van der Waals surface area contributed by atoms with E-state index in [-0.39, 0.29) is 5.91 Å². The fraction of sp³-hybridized carbons (Fsp3) is 0.211. The van der Waals surface area contributed by atoms with Crippen LogP contribution in [0.1, 0.15) is 34.5 Å². The van der Waals surface area contributed by atoms with E-state index in [4.69, 9.17) is 4.74 Å². The molecule has 0 fully saturated rings. The Labute approximate surface area is 146 Å². The summed E-state index contributed by atoms with van der Waals surface area (Å²) in [5.74, 6) is -1.15. The first-order chi connectivity index (χ1) is 11.9. The van der Waals surface area contributed by atoms with E-state index in [1.165, 1.54) is 14.0 Å². The standard InChI is InChI=1S/C19H20N2O4/c1-12-4-6-14(7-5-12)17(19(24)25-3)21-18(23)15-8-10-16(11-9-15)20-13(2)22/h4-11,17H,1-3H3,(H,20,22)(H,21,23)/t17-/m1/s1. The van der Waals surface area contributed by atoms with Crippen molar-refractivity contribution in [2.24, 2.45) is 0 Å². The first-order valence-electron chi connectivity index (χ1n) is 7.73. The summed E-state index contributed by atoms with van der Waals surface area (Å²) in [6, 6.07) is 12.8. The summed E-state index contributed by atoms with van der Waals surface area (Å²) in [6.07, 6.45) is 0. The molecule has 2 aromatic carbocycles. The number of benzene rings is 2. The molecular weight excluding hydrogens is 320 g/mol. The molecule has 2 aromatic rings. The van der Waals surface area contributed by atoms with Crippen LogP contribution < -0.4 is 10.6 Å². The first-order valence-corrected chi connectivity index (χ1v) is 7.73. The molecule has 0 spiro atoms. The van der Waals surface area contributed by atoms with Gasteiger partial charge in [-0.3, -0.25) is 9.59 Å². The van der Waals surface area contributed by atoms with Crippen molar-refractivity contribution in [3.63, 3.8) is 0 Å². The molecule has 25 heavy (non-hydrogen) atoms. The van der Waals surface area contributed by atoms with Crippen LogP contribution in [-0.4, -0.2) is 24.9 Å². The number of methoxy groups -OCH3 is 1. The van der Waals surface area contributed by atoms with Crippen molar-refractivity contribution in [3.8, 4) is 0 Å². The maximum atomic E-state index is 12.4. The fourth-order valence-corrected chi connectivity index (χ4v) is 2.28. The number of anilines is 1. The third-order valence-electron chi connectivity index (χ3n) is 3.59. The van der Waals surface area contributed by atoms with Crippen LogP contribution in [0.3, 0.4) is 0 Å². The van der Waals surface area contributed by atoms with Crippen molar-refractivity contribution < 1.29 is 19.1 Å². The average molecular weight is 340 g/mol. The van der Waals surface area contributed by atoms with Gasteiger partial charge in [0.1, 0.15) is 0 Å². The number of esters is 1. The molecule has 6 nitrogen and oxygen atoms in total.